The lowest BCUT2D eigenvalue weighted by atomic mass is 9.73. The second-order valence-electron chi connectivity index (χ2n) is 8.76. The fourth-order valence-electron chi connectivity index (χ4n) is 5.39. The molecule has 2 aromatic carbocycles. The number of halogens is 2. The molecule has 3 nitrogen and oxygen atoms in total. The monoisotopic (exact) mass is 443 g/mol. The number of piperidine rings is 1. The number of aryl methyl sites for hydroxylation is 1. The molecule has 5 heteroatoms. The minimum atomic E-state index is -0.0205. The van der Waals surface area contributed by atoms with Crippen molar-refractivity contribution in [1.82, 2.24) is 4.90 Å². The van der Waals surface area contributed by atoms with E-state index in [4.69, 9.17) is 23.2 Å². The first kappa shape index (κ1) is 21.4. The molecule has 0 N–H and O–H groups in total. The smallest absolute Gasteiger partial charge is 0.222 e. The molecular weight excluding hydrogens is 417 g/mol. The standard InChI is InChI=1S/C25H27Cl2NO2/c1-17(29)15-19-16-25(24-20(19)6-4-8-22(24)27)11-13-28(14-12-25)23(30)10-9-18-5-2-3-7-21(18)26/h2-8,19H,9-16H2,1H3. The van der Waals surface area contributed by atoms with Crippen LogP contribution in [0.3, 0.4) is 0 Å². The zero-order valence-corrected chi connectivity index (χ0v) is 18.8. The molecule has 4 rings (SSSR count). The number of fused-ring (bicyclic) bond motifs is 2. The third-order valence-corrected chi connectivity index (χ3v) is 7.51. The zero-order chi connectivity index (χ0) is 21.3. The lowest BCUT2D eigenvalue weighted by molar-refractivity contribution is -0.132. The molecule has 1 aliphatic carbocycles. The molecule has 1 saturated heterocycles. The van der Waals surface area contributed by atoms with Gasteiger partial charge in [-0.1, -0.05) is 53.5 Å². The van der Waals surface area contributed by atoms with Crippen molar-refractivity contribution in [1.29, 1.82) is 0 Å². The maximum absolute atomic E-state index is 12.8. The highest BCUT2D eigenvalue weighted by Gasteiger charge is 2.47. The Morgan fingerprint density at radius 3 is 2.43 bits per heavy atom. The van der Waals surface area contributed by atoms with Gasteiger partial charge in [0.2, 0.25) is 5.91 Å². The predicted octanol–water partition coefficient (Wildman–Crippen LogP) is 5.95. The van der Waals surface area contributed by atoms with Crippen LogP contribution in [-0.4, -0.2) is 29.7 Å². The van der Waals surface area contributed by atoms with Crippen LogP contribution in [0, 0.1) is 0 Å². The molecule has 2 aromatic rings. The highest BCUT2D eigenvalue weighted by atomic mass is 35.5. The summed E-state index contributed by atoms with van der Waals surface area (Å²) in [6.45, 7) is 3.13. The van der Waals surface area contributed by atoms with E-state index in [-0.39, 0.29) is 23.0 Å². The van der Waals surface area contributed by atoms with Gasteiger partial charge in [0.15, 0.2) is 0 Å². The number of hydrogen-bond donors (Lipinski definition) is 0. The van der Waals surface area contributed by atoms with E-state index in [2.05, 4.69) is 6.07 Å². The summed E-state index contributed by atoms with van der Waals surface area (Å²) in [6.07, 6.45) is 4.45. The van der Waals surface area contributed by atoms with Gasteiger partial charge in [0, 0.05) is 41.4 Å². The minimum absolute atomic E-state index is 0.0205. The first-order chi connectivity index (χ1) is 14.4. The Hall–Kier alpha value is -1.84. The van der Waals surface area contributed by atoms with Crippen LogP contribution in [-0.2, 0) is 21.4 Å². The number of ketones is 1. The summed E-state index contributed by atoms with van der Waals surface area (Å²) >= 11 is 12.9. The van der Waals surface area contributed by atoms with E-state index >= 15 is 0 Å². The third kappa shape index (κ3) is 4.15. The summed E-state index contributed by atoms with van der Waals surface area (Å²) < 4.78 is 0. The van der Waals surface area contributed by atoms with Gasteiger partial charge in [-0.25, -0.2) is 0 Å². The van der Waals surface area contributed by atoms with Crippen molar-refractivity contribution in [3.05, 3.63) is 69.2 Å². The Balaban J connectivity index is 1.44. The Labute approximate surface area is 188 Å². The van der Waals surface area contributed by atoms with E-state index in [9.17, 15) is 9.59 Å². The van der Waals surface area contributed by atoms with Crippen LogP contribution in [0.4, 0.5) is 0 Å². The molecule has 1 unspecified atom stereocenters. The van der Waals surface area contributed by atoms with Gasteiger partial charge >= 0.3 is 0 Å². The number of amides is 1. The van der Waals surface area contributed by atoms with Crippen LogP contribution in [0.25, 0.3) is 0 Å². The topological polar surface area (TPSA) is 37.4 Å². The zero-order valence-electron chi connectivity index (χ0n) is 17.3. The lowest BCUT2D eigenvalue weighted by Gasteiger charge is -2.41. The van der Waals surface area contributed by atoms with Gasteiger partial charge < -0.3 is 9.69 Å². The number of nitrogens with zero attached hydrogens (tertiary/aromatic N) is 1. The van der Waals surface area contributed by atoms with Gasteiger partial charge in [-0.15, -0.1) is 0 Å². The van der Waals surface area contributed by atoms with Crippen molar-refractivity contribution in [2.45, 2.75) is 56.8 Å². The maximum atomic E-state index is 12.8. The first-order valence-corrected chi connectivity index (χ1v) is 11.4. The minimum Gasteiger partial charge on any atom is -0.343 e. The lowest BCUT2D eigenvalue weighted by Crippen LogP contribution is -2.44. The van der Waals surface area contributed by atoms with Gasteiger partial charge in [0.05, 0.1) is 0 Å². The average Bonchev–Trinajstić information content (AvgIpc) is 3.01. The van der Waals surface area contributed by atoms with Crippen LogP contribution < -0.4 is 0 Å². The molecule has 2 aliphatic rings. The Bertz CT molecular complexity index is 963. The molecule has 1 amide bonds. The van der Waals surface area contributed by atoms with E-state index in [1.54, 1.807) is 6.92 Å². The molecule has 158 valence electrons. The molecular formula is C25H27Cl2NO2. The Kier molecular flexibility index (Phi) is 6.22. The summed E-state index contributed by atoms with van der Waals surface area (Å²) in [5, 5.41) is 1.52. The van der Waals surface area contributed by atoms with E-state index < -0.39 is 0 Å². The molecule has 0 radical (unpaired) electrons. The van der Waals surface area contributed by atoms with Gasteiger partial charge in [0.25, 0.3) is 0 Å². The number of carbonyl (C=O) groups is 2. The Morgan fingerprint density at radius 1 is 1.03 bits per heavy atom. The average molecular weight is 444 g/mol. The summed E-state index contributed by atoms with van der Waals surface area (Å²) in [6, 6.07) is 13.8. The number of likely N-dealkylation sites (tertiary alicyclic amines) is 1. The second kappa shape index (κ2) is 8.72. The predicted molar refractivity (Wildman–Crippen MR) is 121 cm³/mol. The Morgan fingerprint density at radius 2 is 1.73 bits per heavy atom. The number of hydrogen-bond acceptors (Lipinski definition) is 2. The molecule has 1 heterocycles. The molecule has 0 aromatic heterocycles. The van der Waals surface area contributed by atoms with Gasteiger partial charge in [-0.3, -0.25) is 4.79 Å². The summed E-state index contributed by atoms with van der Waals surface area (Å²) in [7, 11) is 0. The number of Topliss-reactive ketones (excluding diaryl/α,β-unsaturated/α-hetero) is 1. The van der Waals surface area contributed by atoms with E-state index in [0.717, 1.165) is 48.0 Å². The molecule has 0 saturated carbocycles. The largest absolute Gasteiger partial charge is 0.343 e. The van der Waals surface area contributed by atoms with E-state index in [0.29, 0.717) is 19.3 Å². The first-order valence-electron chi connectivity index (χ1n) is 10.7. The number of benzene rings is 2. The second-order valence-corrected chi connectivity index (χ2v) is 9.58. The quantitative estimate of drug-likeness (QED) is 0.571. The van der Waals surface area contributed by atoms with E-state index in [1.807, 2.05) is 41.3 Å². The van der Waals surface area contributed by atoms with Gasteiger partial charge in [-0.05, 0) is 67.3 Å². The fraction of sp³-hybridized carbons (Fsp3) is 0.440. The fourth-order valence-corrected chi connectivity index (χ4v) is 6.00. The molecule has 30 heavy (non-hydrogen) atoms. The molecule has 1 spiro atoms. The maximum Gasteiger partial charge on any atom is 0.222 e. The van der Waals surface area contributed by atoms with Crippen LogP contribution >= 0.6 is 23.2 Å². The van der Waals surface area contributed by atoms with Crippen molar-refractivity contribution in [3.8, 4) is 0 Å². The van der Waals surface area contributed by atoms with Crippen molar-refractivity contribution in [2.75, 3.05) is 13.1 Å². The SMILES string of the molecule is CC(=O)CC1CC2(CCN(C(=O)CCc3ccccc3Cl)CC2)c2c(Cl)cccc21. The summed E-state index contributed by atoms with van der Waals surface area (Å²) in [4.78, 5) is 26.6. The van der Waals surface area contributed by atoms with Crippen LogP contribution in [0.1, 0.15) is 61.6 Å². The normalized spacial score (nSPS) is 19.7. The van der Waals surface area contributed by atoms with Crippen LogP contribution in [0.5, 0.6) is 0 Å². The van der Waals surface area contributed by atoms with Crippen molar-refractivity contribution < 1.29 is 9.59 Å². The molecule has 1 fully saturated rings. The van der Waals surface area contributed by atoms with Crippen LogP contribution in [0.2, 0.25) is 10.0 Å². The number of rotatable bonds is 5. The summed E-state index contributed by atoms with van der Waals surface area (Å²) in [5.41, 5.74) is 3.45. The number of carbonyl (C=O) groups excluding carboxylic acids is 2. The third-order valence-electron chi connectivity index (χ3n) is 6.83. The summed E-state index contributed by atoms with van der Waals surface area (Å²) in [5.74, 6) is 0.635. The molecule has 1 atom stereocenters. The highest BCUT2D eigenvalue weighted by molar-refractivity contribution is 6.31. The van der Waals surface area contributed by atoms with Crippen LogP contribution in [0.15, 0.2) is 42.5 Å². The van der Waals surface area contributed by atoms with E-state index in [1.165, 1.54) is 11.1 Å². The molecule has 1 aliphatic heterocycles. The van der Waals surface area contributed by atoms with Crippen molar-refractivity contribution >= 4 is 34.9 Å². The van der Waals surface area contributed by atoms with Gasteiger partial charge in [0.1, 0.15) is 5.78 Å². The molecule has 0 bridgehead atoms. The van der Waals surface area contributed by atoms with Crippen molar-refractivity contribution in [2.24, 2.45) is 0 Å². The van der Waals surface area contributed by atoms with Gasteiger partial charge in [-0.2, -0.15) is 0 Å². The van der Waals surface area contributed by atoms with Crippen molar-refractivity contribution in [3.63, 3.8) is 0 Å². The highest BCUT2D eigenvalue weighted by Crippen LogP contribution is 2.55.